The standard InChI is InChI=1S/C12H16N2OS2/c1-9-3-6-16-12(9)10-8-17-11(14-10)7-13-4-5-15-2/h3,6,8,13H,4-5,7H2,1-2H3. The van der Waals surface area contributed by atoms with Crippen LogP contribution < -0.4 is 5.32 Å². The highest BCUT2D eigenvalue weighted by Gasteiger charge is 2.07. The van der Waals surface area contributed by atoms with Gasteiger partial charge in [0.05, 0.1) is 17.2 Å². The van der Waals surface area contributed by atoms with Crippen molar-refractivity contribution < 1.29 is 4.74 Å². The van der Waals surface area contributed by atoms with Gasteiger partial charge in [-0.1, -0.05) is 0 Å². The van der Waals surface area contributed by atoms with Gasteiger partial charge in [0, 0.05) is 25.6 Å². The van der Waals surface area contributed by atoms with Crippen LogP contribution in [0.25, 0.3) is 10.6 Å². The third-order valence-corrected chi connectivity index (χ3v) is 4.29. The van der Waals surface area contributed by atoms with Gasteiger partial charge in [-0.25, -0.2) is 4.98 Å². The molecule has 0 aliphatic heterocycles. The van der Waals surface area contributed by atoms with Gasteiger partial charge in [0.15, 0.2) is 0 Å². The summed E-state index contributed by atoms with van der Waals surface area (Å²) >= 11 is 3.46. The lowest BCUT2D eigenvalue weighted by molar-refractivity contribution is 0.199. The SMILES string of the molecule is COCCNCc1nc(-c2sccc2C)cs1. The molecule has 0 aromatic carbocycles. The first-order chi connectivity index (χ1) is 8.31. The zero-order chi connectivity index (χ0) is 12.1. The van der Waals surface area contributed by atoms with Gasteiger partial charge in [0.25, 0.3) is 0 Å². The highest BCUT2D eigenvalue weighted by Crippen LogP contribution is 2.29. The summed E-state index contributed by atoms with van der Waals surface area (Å²) in [6.45, 7) is 4.55. The maximum Gasteiger partial charge on any atom is 0.107 e. The lowest BCUT2D eigenvalue weighted by Gasteiger charge is -2.00. The minimum atomic E-state index is 0.738. The molecular weight excluding hydrogens is 252 g/mol. The second kappa shape index (κ2) is 6.26. The Morgan fingerprint density at radius 3 is 3.00 bits per heavy atom. The molecule has 0 saturated carbocycles. The van der Waals surface area contributed by atoms with Gasteiger partial charge in [0.1, 0.15) is 5.01 Å². The van der Waals surface area contributed by atoms with Crippen LogP contribution in [0.5, 0.6) is 0 Å². The van der Waals surface area contributed by atoms with E-state index in [1.807, 2.05) is 0 Å². The summed E-state index contributed by atoms with van der Waals surface area (Å²) in [5, 5.41) is 8.67. The second-order valence-electron chi connectivity index (χ2n) is 3.73. The number of hydrogen-bond acceptors (Lipinski definition) is 5. The van der Waals surface area contributed by atoms with Crippen LogP contribution in [-0.4, -0.2) is 25.2 Å². The fourth-order valence-corrected chi connectivity index (χ4v) is 3.22. The van der Waals surface area contributed by atoms with E-state index >= 15 is 0 Å². The predicted octanol–water partition coefficient (Wildman–Crippen LogP) is 2.92. The Bertz CT molecular complexity index is 465. The zero-order valence-corrected chi connectivity index (χ0v) is 11.7. The van der Waals surface area contributed by atoms with Crippen LogP contribution in [0.3, 0.4) is 0 Å². The van der Waals surface area contributed by atoms with E-state index in [0.29, 0.717) is 0 Å². The lowest BCUT2D eigenvalue weighted by atomic mass is 10.2. The number of ether oxygens (including phenoxy) is 1. The van der Waals surface area contributed by atoms with Crippen LogP contribution in [0.1, 0.15) is 10.6 Å². The van der Waals surface area contributed by atoms with Crippen LogP contribution in [0.4, 0.5) is 0 Å². The van der Waals surface area contributed by atoms with Gasteiger partial charge >= 0.3 is 0 Å². The molecule has 0 unspecified atom stereocenters. The first kappa shape index (κ1) is 12.7. The van der Waals surface area contributed by atoms with Crippen molar-refractivity contribution >= 4 is 22.7 Å². The zero-order valence-electron chi connectivity index (χ0n) is 10.0. The van der Waals surface area contributed by atoms with E-state index in [9.17, 15) is 0 Å². The smallest absolute Gasteiger partial charge is 0.107 e. The second-order valence-corrected chi connectivity index (χ2v) is 5.59. The first-order valence-corrected chi connectivity index (χ1v) is 7.25. The minimum Gasteiger partial charge on any atom is -0.383 e. The molecule has 0 atom stereocenters. The average molecular weight is 268 g/mol. The van der Waals surface area contributed by atoms with Crippen molar-refractivity contribution in [3.05, 3.63) is 27.4 Å². The van der Waals surface area contributed by atoms with E-state index in [0.717, 1.165) is 30.4 Å². The summed E-state index contributed by atoms with van der Waals surface area (Å²) < 4.78 is 4.98. The van der Waals surface area contributed by atoms with Gasteiger partial charge < -0.3 is 10.1 Å². The lowest BCUT2D eigenvalue weighted by Crippen LogP contribution is -2.18. The fraction of sp³-hybridized carbons (Fsp3) is 0.417. The number of nitrogens with zero attached hydrogens (tertiary/aromatic N) is 1. The van der Waals surface area contributed by atoms with Crippen LogP contribution in [0.2, 0.25) is 0 Å². The van der Waals surface area contributed by atoms with Crippen LogP contribution in [0.15, 0.2) is 16.8 Å². The van der Waals surface area contributed by atoms with Crippen LogP contribution in [-0.2, 0) is 11.3 Å². The van der Waals surface area contributed by atoms with Crippen molar-refractivity contribution in [3.63, 3.8) is 0 Å². The summed E-state index contributed by atoms with van der Waals surface area (Å²) in [4.78, 5) is 5.92. The molecule has 0 spiro atoms. The molecule has 2 heterocycles. The molecule has 0 aliphatic carbocycles. The highest BCUT2D eigenvalue weighted by atomic mass is 32.1. The van der Waals surface area contributed by atoms with Crippen molar-refractivity contribution in [1.82, 2.24) is 10.3 Å². The monoisotopic (exact) mass is 268 g/mol. The van der Waals surface area contributed by atoms with Crippen molar-refractivity contribution in [1.29, 1.82) is 0 Å². The molecule has 2 rings (SSSR count). The third-order valence-electron chi connectivity index (χ3n) is 2.41. The summed E-state index contributed by atoms with van der Waals surface area (Å²) in [5.41, 5.74) is 2.41. The Hall–Kier alpha value is -0.750. The molecule has 92 valence electrons. The van der Waals surface area contributed by atoms with Gasteiger partial charge in [0.2, 0.25) is 0 Å². The topological polar surface area (TPSA) is 34.1 Å². The summed E-state index contributed by atoms with van der Waals surface area (Å²) in [5.74, 6) is 0. The largest absolute Gasteiger partial charge is 0.383 e. The van der Waals surface area contributed by atoms with Gasteiger partial charge in [-0.05, 0) is 23.9 Å². The van der Waals surface area contributed by atoms with E-state index in [-0.39, 0.29) is 0 Å². The summed E-state index contributed by atoms with van der Waals surface area (Å²) in [6.07, 6.45) is 0. The van der Waals surface area contributed by atoms with E-state index in [4.69, 9.17) is 4.74 Å². The number of hydrogen-bond donors (Lipinski definition) is 1. The molecule has 0 amide bonds. The average Bonchev–Trinajstić information content (AvgIpc) is 2.93. The van der Waals surface area contributed by atoms with E-state index < -0.39 is 0 Å². The molecule has 5 heteroatoms. The molecule has 1 N–H and O–H groups in total. The number of aryl methyl sites for hydroxylation is 1. The van der Waals surface area contributed by atoms with Crippen molar-refractivity contribution in [2.75, 3.05) is 20.3 Å². The van der Waals surface area contributed by atoms with Gasteiger partial charge in [-0.15, -0.1) is 22.7 Å². The number of rotatable bonds is 6. The molecule has 2 aromatic rings. The Kier molecular flexibility index (Phi) is 4.67. The molecular formula is C12H16N2OS2. The van der Waals surface area contributed by atoms with Crippen LogP contribution >= 0.6 is 22.7 Å². The van der Waals surface area contributed by atoms with E-state index in [1.165, 1.54) is 10.4 Å². The highest BCUT2D eigenvalue weighted by molar-refractivity contribution is 7.14. The fourth-order valence-electron chi connectivity index (χ4n) is 1.50. The Labute approximate surface area is 109 Å². The molecule has 17 heavy (non-hydrogen) atoms. The number of aromatic nitrogens is 1. The van der Waals surface area contributed by atoms with Gasteiger partial charge in [-0.3, -0.25) is 0 Å². The van der Waals surface area contributed by atoms with Gasteiger partial charge in [-0.2, -0.15) is 0 Å². The number of thiazole rings is 1. The van der Waals surface area contributed by atoms with Crippen molar-refractivity contribution in [2.24, 2.45) is 0 Å². The Balaban J connectivity index is 1.95. The third kappa shape index (κ3) is 3.35. The van der Waals surface area contributed by atoms with Crippen LogP contribution in [0, 0.1) is 6.92 Å². The molecule has 0 bridgehead atoms. The van der Waals surface area contributed by atoms with Crippen molar-refractivity contribution in [3.8, 4) is 10.6 Å². The van der Waals surface area contributed by atoms with E-state index in [2.05, 4.69) is 34.1 Å². The molecule has 2 aromatic heterocycles. The maximum absolute atomic E-state index is 4.98. The van der Waals surface area contributed by atoms with Crippen molar-refractivity contribution in [2.45, 2.75) is 13.5 Å². The van der Waals surface area contributed by atoms with E-state index in [1.54, 1.807) is 29.8 Å². The predicted molar refractivity (Wildman–Crippen MR) is 73.7 cm³/mol. The number of thiophene rings is 1. The maximum atomic E-state index is 4.98. The molecule has 3 nitrogen and oxygen atoms in total. The normalized spacial score (nSPS) is 10.9. The minimum absolute atomic E-state index is 0.738. The first-order valence-electron chi connectivity index (χ1n) is 5.50. The summed E-state index contributed by atoms with van der Waals surface area (Å²) in [6, 6.07) is 2.13. The molecule has 0 saturated heterocycles. The summed E-state index contributed by atoms with van der Waals surface area (Å²) in [7, 11) is 1.71. The quantitative estimate of drug-likeness (QED) is 0.818. The number of nitrogens with one attached hydrogen (secondary N) is 1. The molecule has 0 radical (unpaired) electrons. The Morgan fingerprint density at radius 2 is 2.29 bits per heavy atom. The molecule has 0 aliphatic rings. The Morgan fingerprint density at radius 1 is 1.41 bits per heavy atom. The number of methoxy groups -OCH3 is 1. The molecule has 0 fully saturated rings.